The van der Waals surface area contributed by atoms with Gasteiger partial charge < -0.3 is 5.32 Å². The number of hydrogen-bond donors (Lipinski definition) is 2. The first-order valence-electron chi connectivity index (χ1n) is 8.69. The molecule has 0 spiro atoms. The normalized spacial score (nSPS) is 12.0. The molecule has 2 aromatic carbocycles. The molecule has 1 unspecified atom stereocenters. The van der Waals surface area contributed by atoms with Crippen LogP contribution in [0, 0.1) is 11.7 Å². The van der Waals surface area contributed by atoms with Gasteiger partial charge in [-0.2, -0.15) is 5.10 Å². The molecule has 1 atom stereocenters. The van der Waals surface area contributed by atoms with Crippen LogP contribution in [-0.4, -0.2) is 26.7 Å². The van der Waals surface area contributed by atoms with Gasteiger partial charge in [0.15, 0.2) is 10.6 Å². The quantitative estimate of drug-likeness (QED) is 0.606. The Morgan fingerprint density at radius 3 is 2.81 bits per heavy atom. The minimum atomic E-state index is -0.124. The van der Waals surface area contributed by atoms with Crippen molar-refractivity contribution in [1.82, 2.24) is 20.1 Å². The summed E-state index contributed by atoms with van der Waals surface area (Å²) in [5.41, 5.74) is 3.04. The second-order valence-electron chi connectivity index (χ2n) is 6.57. The number of aromatic nitrogens is 3. The number of carbonyl (C=O) groups is 1. The number of halogens is 1. The first-order chi connectivity index (χ1) is 12.9. The summed E-state index contributed by atoms with van der Waals surface area (Å²) in [5.74, 6) is 0.526. The highest BCUT2D eigenvalue weighted by Crippen LogP contribution is 2.19. The van der Waals surface area contributed by atoms with Crippen molar-refractivity contribution in [2.75, 3.05) is 0 Å². The molecule has 27 heavy (non-hydrogen) atoms. The van der Waals surface area contributed by atoms with Gasteiger partial charge in [0.2, 0.25) is 5.91 Å². The molecule has 5 nitrogen and oxygen atoms in total. The van der Waals surface area contributed by atoms with E-state index in [1.54, 1.807) is 4.57 Å². The van der Waals surface area contributed by atoms with Crippen LogP contribution >= 0.6 is 23.8 Å². The molecule has 0 saturated heterocycles. The van der Waals surface area contributed by atoms with Crippen LogP contribution in [0.4, 0.5) is 0 Å². The van der Waals surface area contributed by atoms with Gasteiger partial charge in [-0.25, -0.2) is 0 Å². The van der Waals surface area contributed by atoms with Gasteiger partial charge in [0.05, 0.1) is 0 Å². The Kier molecular flexibility index (Phi) is 6.08. The standard InChI is InChI=1S/C20H21ClN4OS/c1-13-6-5-8-16(10-13)19-23-24-20(27)25(19)12-18(26)22-14(2)11-15-7-3-4-9-17(15)21/h3-10,14H,11-12H2,1-2H3,(H,22,26)(H,24,27). The number of carbonyl (C=O) groups excluding carboxylic acids is 1. The van der Waals surface area contributed by atoms with Gasteiger partial charge in [0, 0.05) is 16.6 Å². The van der Waals surface area contributed by atoms with E-state index in [1.165, 1.54) is 0 Å². The van der Waals surface area contributed by atoms with Gasteiger partial charge >= 0.3 is 0 Å². The van der Waals surface area contributed by atoms with Crippen LogP contribution in [0.5, 0.6) is 0 Å². The van der Waals surface area contributed by atoms with E-state index in [1.807, 2.05) is 62.4 Å². The van der Waals surface area contributed by atoms with Crippen molar-refractivity contribution in [2.45, 2.75) is 32.9 Å². The van der Waals surface area contributed by atoms with Crippen molar-refractivity contribution in [3.8, 4) is 11.4 Å². The van der Waals surface area contributed by atoms with Crippen molar-refractivity contribution in [3.63, 3.8) is 0 Å². The summed E-state index contributed by atoms with van der Waals surface area (Å²) in [7, 11) is 0. The molecule has 1 heterocycles. The van der Waals surface area contributed by atoms with E-state index < -0.39 is 0 Å². The maximum atomic E-state index is 12.5. The highest BCUT2D eigenvalue weighted by atomic mass is 35.5. The largest absolute Gasteiger partial charge is 0.352 e. The third-order valence-electron chi connectivity index (χ3n) is 4.23. The molecule has 1 amide bonds. The molecule has 0 aliphatic heterocycles. The summed E-state index contributed by atoms with van der Waals surface area (Å²) >= 11 is 11.5. The number of benzene rings is 2. The first-order valence-corrected chi connectivity index (χ1v) is 9.47. The molecular formula is C20H21ClN4OS. The van der Waals surface area contributed by atoms with E-state index in [-0.39, 0.29) is 18.5 Å². The molecule has 7 heteroatoms. The van der Waals surface area contributed by atoms with Crippen LogP contribution in [0.15, 0.2) is 48.5 Å². The summed E-state index contributed by atoms with van der Waals surface area (Å²) in [6.07, 6.45) is 0.660. The van der Waals surface area contributed by atoms with Gasteiger partial charge in [0.1, 0.15) is 6.54 Å². The molecule has 0 saturated carbocycles. The lowest BCUT2D eigenvalue weighted by Gasteiger charge is -2.15. The molecule has 0 aliphatic carbocycles. The Bertz CT molecular complexity index is 1010. The van der Waals surface area contributed by atoms with E-state index >= 15 is 0 Å². The van der Waals surface area contributed by atoms with Crippen LogP contribution in [0.2, 0.25) is 5.02 Å². The number of H-pyrrole nitrogens is 1. The summed E-state index contributed by atoms with van der Waals surface area (Å²) in [4.78, 5) is 12.5. The van der Waals surface area contributed by atoms with E-state index in [0.29, 0.717) is 22.0 Å². The van der Waals surface area contributed by atoms with Gasteiger partial charge in [0.25, 0.3) is 0 Å². The Balaban J connectivity index is 1.70. The van der Waals surface area contributed by atoms with Crippen molar-refractivity contribution >= 4 is 29.7 Å². The van der Waals surface area contributed by atoms with Crippen LogP contribution < -0.4 is 5.32 Å². The molecule has 0 aliphatic rings. The van der Waals surface area contributed by atoms with Gasteiger partial charge in [-0.1, -0.05) is 53.6 Å². The zero-order chi connectivity index (χ0) is 19.4. The molecule has 3 aromatic rings. The third-order valence-corrected chi connectivity index (χ3v) is 4.91. The smallest absolute Gasteiger partial charge is 0.240 e. The van der Waals surface area contributed by atoms with Crippen LogP contribution in [0.3, 0.4) is 0 Å². The molecule has 3 rings (SSSR count). The number of amides is 1. The maximum Gasteiger partial charge on any atom is 0.240 e. The van der Waals surface area contributed by atoms with Crippen LogP contribution in [-0.2, 0) is 17.8 Å². The maximum absolute atomic E-state index is 12.5. The lowest BCUT2D eigenvalue weighted by atomic mass is 10.1. The van der Waals surface area contributed by atoms with Gasteiger partial charge in [-0.15, -0.1) is 0 Å². The Labute approximate surface area is 168 Å². The highest BCUT2D eigenvalue weighted by Gasteiger charge is 2.15. The number of rotatable bonds is 6. The SMILES string of the molecule is Cc1cccc(-c2n[nH]c(=S)n2CC(=O)NC(C)Cc2ccccc2Cl)c1. The van der Waals surface area contributed by atoms with Crippen molar-refractivity contribution in [3.05, 3.63) is 69.5 Å². The minimum absolute atomic E-state index is 0.0547. The molecular weight excluding hydrogens is 380 g/mol. The average Bonchev–Trinajstić information content (AvgIpc) is 2.97. The summed E-state index contributed by atoms with van der Waals surface area (Å²) in [6.45, 7) is 4.07. The number of hydrogen-bond acceptors (Lipinski definition) is 3. The van der Waals surface area contributed by atoms with Crippen molar-refractivity contribution in [2.24, 2.45) is 0 Å². The fourth-order valence-corrected chi connectivity index (χ4v) is 3.39. The Morgan fingerprint density at radius 2 is 2.07 bits per heavy atom. The summed E-state index contributed by atoms with van der Waals surface area (Å²) in [5, 5.41) is 10.8. The second-order valence-corrected chi connectivity index (χ2v) is 7.37. The molecule has 0 bridgehead atoms. The van der Waals surface area contributed by atoms with E-state index in [0.717, 1.165) is 16.7 Å². The minimum Gasteiger partial charge on any atom is -0.352 e. The summed E-state index contributed by atoms with van der Waals surface area (Å²) < 4.78 is 2.13. The summed E-state index contributed by atoms with van der Waals surface area (Å²) in [6, 6.07) is 15.5. The predicted molar refractivity (Wildman–Crippen MR) is 110 cm³/mol. The number of aromatic amines is 1. The lowest BCUT2D eigenvalue weighted by molar-refractivity contribution is -0.122. The molecule has 0 fully saturated rings. The molecule has 0 radical (unpaired) electrons. The molecule has 2 N–H and O–H groups in total. The average molecular weight is 401 g/mol. The number of nitrogens with zero attached hydrogens (tertiary/aromatic N) is 2. The first kappa shape index (κ1) is 19.3. The monoisotopic (exact) mass is 400 g/mol. The zero-order valence-corrected chi connectivity index (χ0v) is 16.8. The number of nitrogens with one attached hydrogen (secondary N) is 2. The van der Waals surface area contributed by atoms with Gasteiger partial charge in [-0.05, 0) is 50.2 Å². The third kappa shape index (κ3) is 4.84. The second kappa shape index (κ2) is 8.50. The van der Waals surface area contributed by atoms with E-state index in [2.05, 4.69) is 15.5 Å². The number of aryl methyl sites for hydroxylation is 1. The van der Waals surface area contributed by atoms with Crippen LogP contribution in [0.25, 0.3) is 11.4 Å². The van der Waals surface area contributed by atoms with Crippen molar-refractivity contribution in [1.29, 1.82) is 0 Å². The van der Waals surface area contributed by atoms with Crippen LogP contribution in [0.1, 0.15) is 18.1 Å². The Morgan fingerprint density at radius 1 is 1.30 bits per heavy atom. The van der Waals surface area contributed by atoms with E-state index in [9.17, 15) is 4.79 Å². The molecule has 140 valence electrons. The lowest BCUT2D eigenvalue weighted by Crippen LogP contribution is -2.36. The van der Waals surface area contributed by atoms with Gasteiger partial charge in [-0.3, -0.25) is 14.5 Å². The topological polar surface area (TPSA) is 62.7 Å². The highest BCUT2D eigenvalue weighted by molar-refractivity contribution is 7.71. The van der Waals surface area contributed by atoms with E-state index in [4.69, 9.17) is 23.8 Å². The zero-order valence-electron chi connectivity index (χ0n) is 15.2. The fraction of sp³-hybridized carbons (Fsp3) is 0.250. The Hall–Kier alpha value is -2.44. The molecule has 1 aromatic heterocycles. The fourth-order valence-electron chi connectivity index (χ4n) is 2.98. The van der Waals surface area contributed by atoms with Crippen molar-refractivity contribution < 1.29 is 4.79 Å². The predicted octanol–water partition coefficient (Wildman–Crippen LogP) is 4.32.